The van der Waals surface area contributed by atoms with Gasteiger partial charge in [-0.1, -0.05) is 49.7 Å². The van der Waals surface area contributed by atoms with Crippen LogP contribution in [0, 0.1) is 0 Å². The van der Waals surface area contributed by atoms with Gasteiger partial charge in [-0.2, -0.15) is 0 Å². The molecule has 0 radical (unpaired) electrons. The summed E-state index contributed by atoms with van der Waals surface area (Å²) in [5.74, 6) is 2.07. The van der Waals surface area contributed by atoms with Gasteiger partial charge in [0.2, 0.25) is 0 Å². The largest absolute Gasteiger partial charge is 0.491 e. The van der Waals surface area contributed by atoms with Crippen molar-refractivity contribution in [1.29, 1.82) is 0 Å². The molecule has 1 atom stereocenters. The molecule has 5 heteroatoms. The maximum atomic E-state index is 10.5. The molecule has 0 bridgehead atoms. The van der Waals surface area contributed by atoms with Gasteiger partial charge in [0.15, 0.2) is 0 Å². The number of hydrogen-bond acceptors (Lipinski definition) is 4. The third kappa shape index (κ3) is 6.93. The van der Waals surface area contributed by atoms with E-state index in [1.807, 2.05) is 12.1 Å². The minimum atomic E-state index is -0.629. The maximum absolute atomic E-state index is 10.5. The molecule has 3 aromatic rings. The van der Waals surface area contributed by atoms with Gasteiger partial charge in [-0.05, 0) is 53.4 Å². The molecule has 1 heterocycles. The van der Waals surface area contributed by atoms with Crippen molar-refractivity contribution in [2.24, 2.45) is 0 Å². The molecule has 1 unspecified atom stereocenters. The number of halogens is 1. The molecule has 0 saturated heterocycles. The number of aliphatic hydroxyl groups is 1. The highest BCUT2D eigenvalue weighted by molar-refractivity contribution is 6.30. The predicted octanol–water partition coefficient (Wildman–Crippen LogP) is 5.50. The molecule has 2 aromatic carbocycles. The van der Waals surface area contributed by atoms with E-state index in [4.69, 9.17) is 20.8 Å². The normalized spacial score (nSPS) is 12.5. The van der Waals surface area contributed by atoms with Crippen LogP contribution in [-0.4, -0.2) is 29.3 Å². The summed E-state index contributed by atoms with van der Waals surface area (Å²) in [6, 6.07) is 19.6. The van der Waals surface area contributed by atoms with E-state index >= 15 is 0 Å². The SMILES string of the molecule is CC(C)c1ccc(CN(Cc2ccco2)CC(O)COc2ccc(Cl)cc2)cc1. The lowest BCUT2D eigenvalue weighted by atomic mass is 10.0. The summed E-state index contributed by atoms with van der Waals surface area (Å²) in [5.41, 5.74) is 2.52. The van der Waals surface area contributed by atoms with Gasteiger partial charge < -0.3 is 14.3 Å². The molecule has 0 aliphatic carbocycles. The molecule has 0 spiro atoms. The van der Waals surface area contributed by atoms with Crippen LogP contribution in [0.15, 0.2) is 71.3 Å². The number of aliphatic hydroxyl groups excluding tert-OH is 1. The summed E-state index contributed by atoms with van der Waals surface area (Å²) in [5, 5.41) is 11.2. The Morgan fingerprint density at radius 3 is 2.34 bits per heavy atom. The van der Waals surface area contributed by atoms with Gasteiger partial charge in [0.1, 0.15) is 24.2 Å². The van der Waals surface area contributed by atoms with E-state index in [1.165, 1.54) is 11.1 Å². The first-order valence-electron chi connectivity index (χ1n) is 9.89. The molecule has 0 fully saturated rings. The second-order valence-corrected chi connectivity index (χ2v) is 8.00. The minimum Gasteiger partial charge on any atom is -0.491 e. The van der Waals surface area contributed by atoms with Crippen LogP contribution in [0.2, 0.25) is 5.02 Å². The second-order valence-electron chi connectivity index (χ2n) is 7.56. The fourth-order valence-electron chi connectivity index (χ4n) is 3.15. The first-order chi connectivity index (χ1) is 14.0. The van der Waals surface area contributed by atoms with Gasteiger partial charge in [-0.15, -0.1) is 0 Å². The Morgan fingerprint density at radius 1 is 1.00 bits per heavy atom. The van der Waals surface area contributed by atoms with Crippen molar-refractivity contribution in [1.82, 2.24) is 4.90 Å². The van der Waals surface area contributed by atoms with E-state index in [0.717, 1.165) is 12.3 Å². The van der Waals surface area contributed by atoms with Crippen LogP contribution in [-0.2, 0) is 13.1 Å². The van der Waals surface area contributed by atoms with Gasteiger partial charge in [-0.25, -0.2) is 0 Å². The molecule has 0 saturated carbocycles. The molecule has 4 nitrogen and oxygen atoms in total. The second kappa shape index (κ2) is 10.5. The van der Waals surface area contributed by atoms with Gasteiger partial charge in [0, 0.05) is 18.1 Å². The Kier molecular flexibility index (Phi) is 7.76. The van der Waals surface area contributed by atoms with Crippen LogP contribution in [0.25, 0.3) is 0 Å². The highest BCUT2D eigenvalue weighted by Gasteiger charge is 2.15. The molecule has 29 heavy (non-hydrogen) atoms. The zero-order chi connectivity index (χ0) is 20.6. The predicted molar refractivity (Wildman–Crippen MR) is 116 cm³/mol. The third-order valence-electron chi connectivity index (χ3n) is 4.74. The highest BCUT2D eigenvalue weighted by Crippen LogP contribution is 2.18. The first kappa shape index (κ1) is 21.4. The number of furan rings is 1. The van der Waals surface area contributed by atoms with Crippen molar-refractivity contribution in [3.05, 3.63) is 88.8 Å². The summed E-state index contributed by atoms with van der Waals surface area (Å²) in [6.45, 7) is 6.40. The fourth-order valence-corrected chi connectivity index (χ4v) is 3.27. The average Bonchev–Trinajstić information content (AvgIpc) is 3.21. The van der Waals surface area contributed by atoms with E-state index in [2.05, 4.69) is 43.0 Å². The molecular formula is C24H28ClNO3. The Balaban J connectivity index is 1.60. The minimum absolute atomic E-state index is 0.211. The molecule has 0 aliphatic heterocycles. The zero-order valence-corrected chi connectivity index (χ0v) is 17.7. The lowest BCUT2D eigenvalue weighted by Gasteiger charge is -2.24. The van der Waals surface area contributed by atoms with E-state index in [0.29, 0.717) is 29.8 Å². The van der Waals surface area contributed by atoms with Crippen molar-refractivity contribution in [3.63, 3.8) is 0 Å². The van der Waals surface area contributed by atoms with Gasteiger partial charge >= 0.3 is 0 Å². The third-order valence-corrected chi connectivity index (χ3v) is 4.99. The molecule has 0 aliphatic rings. The fraction of sp³-hybridized carbons (Fsp3) is 0.333. The molecular weight excluding hydrogens is 386 g/mol. The number of ether oxygens (including phenoxy) is 1. The Labute approximate surface area is 177 Å². The van der Waals surface area contributed by atoms with Crippen LogP contribution in [0.4, 0.5) is 0 Å². The quantitative estimate of drug-likeness (QED) is 0.476. The Bertz CT molecular complexity index is 845. The lowest BCUT2D eigenvalue weighted by molar-refractivity contribution is 0.0604. The van der Waals surface area contributed by atoms with Gasteiger partial charge in [0.25, 0.3) is 0 Å². The molecule has 0 amide bonds. The monoisotopic (exact) mass is 413 g/mol. The number of rotatable bonds is 10. The standard InChI is InChI=1S/C24H28ClNO3/c1-18(2)20-7-5-19(6-8-20)14-26(16-24-4-3-13-28-24)15-22(27)17-29-23-11-9-21(25)10-12-23/h3-13,18,22,27H,14-17H2,1-2H3. The first-order valence-corrected chi connectivity index (χ1v) is 10.3. The van der Waals surface area contributed by atoms with E-state index in [-0.39, 0.29) is 6.61 Å². The van der Waals surface area contributed by atoms with E-state index in [9.17, 15) is 5.11 Å². The molecule has 154 valence electrons. The van der Waals surface area contributed by atoms with Crippen LogP contribution >= 0.6 is 11.6 Å². The van der Waals surface area contributed by atoms with Crippen molar-refractivity contribution in [3.8, 4) is 5.75 Å². The smallest absolute Gasteiger partial charge is 0.119 e. The lowest BCUT2D eigenvalue weighted by Crippen LogP contribution is -2.35. The average molecular weight is 414 g/mol. The van der Waals surface area contributed by atoms with Gasteiger partial charge in [0.05, 0.1) is 12.8 Å². The molecule has 1 N–H and O–H groups in total. The summed E-state index contributed by atoms with van der Waals surface area (Å²) >= 11 is 5.89. The van der Waals surface area contributed by atoms with E-state index in [1.54, 1.807) is 30.5 Å². The maximum Gasteiger partial charge on any atom is 0.119 e. The number of nitrogens with zero attached hydrogens (tertiary/aromatic N) is 1. The highest BCUT2D eigenvalue weighted by atomic mass is 35.5. The number of hydrogen-bond donors (Lipinski definition) is 1. The van der Waals surface area contributed by atoms with Crippen molar-refractivity contribution in [2.45, 2.75) is 39.0 Å². The Hall–Kier alpha value is -2.27. The summed E-state index contributed by atoms with van der Waals surface area (Å²) < 4.78 is 11.2. The Morgan fingerprint density at radius 2 is 1.72 bits per heavy atom. The summed E-state index contributed by atoms with van der Waals surface area (Å²) in [7, 11) is 0. The van der Waals surface area contributed by atoms with Crippen LogP contribution in [0.3, 0.4) is 0 Å². The van der Waals surface area contributed by atoms with Crippen molar-refractivity contribution < 1.29 is 14.3 Å². The number of benzene rings is 2. The summed E-state index contributed by atoms with van der Waals surface area (Å²) in [4.78, 5) is 2.17. The van der Waals surface area contributed by atoms with Crippen molar-refractivity contribution >= 4 is 11.6 Å². The van der Waals surface area contributed by atoms with Crippen LogP contribution in [0.1, 0.15) is 36.7 Å². The van der Waals surface area contributed by atoms with Crippen molar-refractivity contribution in [2.75, 3.05) is 13.2 Å². The molecule has 1 aromatic heterocycles. The van der Waals surface area contributed by atoms with Crippen LogP contribution < -0.4 is 4.74 Å². The van der Waals surface area contributed by atoms with E-state index < -0.39 is 6.10 Å². The summed E-state index contributed by atoms with van der Waals surface area (Å²) in [6.07, 6.45) is 1.04. The van der Waals surface area contributed by atoms with Gasteiger partial charge in [-0.3, -0.25) is 4.90 Å². The zero-order valence-electron chi connectivity index (χ0n) is 16.9. The topological polar surface area (TPSA) is 45.8 Å². The van der Waals surface area contributed by atoms with Crippen LogP contribution in [0.5, 0.6) is 5.75 Å². The molecule has 3 rings (SSSR count).